The van der Waals surface area contributed by atoms with Gasteiger partial charge in [0.2, 0.25) is 11.8 Å². The lowest BCUT2D eigenvalue weighted by Gasteiger charge is -2.43. The molecule has 4 unspecified atom stereocenters. The molecule has 47 heavy (non-hydrogen) atoms. The highest BCUT2D eigenvalue weighted by Crippen LogP contribution is 2.69. The third kappa shape index (κ3) is 5.25. The van der Waals surface area contributed by atoms with Gasteiger partial charge in [-0.25, -0.2) is 0 Å². The van der Waals surface area contributed by atoms with E-state index in [1.165, 1.54) is 4.90 Å². The van der Waals surface area contributed by atoms with E-state index in [1.807, 2.05) is 12.1 Å². The monoisotopic (exact) mass is 789 g/mol. The maximum Gasteiger partial charge on any atom is 0.305 e. The minimum atomic E-state index is -0.460. The number of hydrogen-bond acceptors (Lipinski definition) is 7. The van der Waals surface area contributed by atoms with E-state index in [9.17, 15) is 19.2 Å². The summed E-state index contributed by atoms with van der Waals surface area (Å²) >= 11 is 24.6. The number of ether oxygens (including phenoxy) is 1. The van der Waals surface area contributed by atoms with Gasteiger partial charge in [0.25, 0.3) is 5.91 Å². The Balaban J connectivity index is 1.13. The molecule has 1 aromatic heterocycles. The molecule has 2 aliphatic carbocycles. The summed E-state index contributed by atoms with van der Waals surface area (Å²) < 4.78 is 6.98. The Hall–Kier alpha value is -2.80. The number of rotatable bonds is 6. The molecular formula is C33H23BrCl3N3O5S2. The molecule has 3 aromatic carbocycles. The van der Waals surface area contributed by atoms with Gasteiger partial charge in [-0.15, -0.1) is 11.8 Å². The van der Waals surface area contributed by atoms with Gasteiger partial charge in [0, 0.05) is 36.8 Å². The number of nitrogens with zero attached hydrogens (tertiary/aromatic N) is 1. The summed E-state index contributed by atoms with van der Waals surface area (Å²) in [4.78, 5) is 58.7. The molecule has 2 aliphatic heterocycles. The summed E-state index contributed by atoms with van der Waals surface area (Å²) in [6, 6.07) is 17.2. The molecule has 8 rings (SSSR count). The van der Waals surface area contributed by atoms with Crippen molar-refractivity contribution in [1.82, 2.24) is 4.98 Å². The second kappa shape index (κ2) is 12.0. The van der Waals surface area contributed by atoms with Crippen LogP contribution >= 0.6 is 73.8 Å². The number of carbonyl (C=O) groups is 3. The molecule has 3 heterocycles. The smallest absolute Gasteiger partial charge is 0.305 e. The van der Waals surface area contributed by atoms with Crippen molar-refractivity contribution >= 4 is 103 Å². The fourth-order valence-corrected chi connectivity index (χ4v) is 11.7. The lowest BCUT2D eigenvalue weighted by molar-refractivity contribution is -0.123. The Morgan fingerprint density at radius 2 is 1.70 bits per heavy atom. The molecule has 4 aliphatic rings. The molecule has 2 bridgehead atoms. The van der Waals surface area contributed by atoms with Gasteiger partial charge in [-0.05, 0) is 84.8 Å². The SMILES string of the molecule is O=C(COc1ccc(Br)cc1[C@H]1c2sc(=O)[nH]c2SC2C1[C@H]1C[C@@H]2C2C(=O)N(c3ccc(Cl)cc3)C(=O)C21)Nc1ccc(Cl)c(Cl)c1. The van der Waals surface area contributed by atoms with E-state index >= 15 is 0 Å². The minimum absolute atomic E-state index is 0.00398. The summed E-state index contributed by atoms with van der Waals surface area (Å²) in [5, 5.41) is 4.78. The Morgan fingerprint density at radius 3 is 2.45 bits per heavy atom. The number of H-pyrrole nitrogens is 1. The number of thioether (sulfide) groups is 1. The second-order valence-electron chi connectivity index (χ2n) is 12.1. The van der Waals surface area contributed by atoms with Crippen LogP contribution in [-0.4, -0.2) is 34.6 Å². The van der Waals surface area contributed by atoms with E-state index in [-0.39, 0.29) is 58.1 Å². The lowest BCUT2D eigenvalue weighted by Crippen LogP contribution is -2.42. The van der Waals surface area contributed by atoms with Gasteiger partial charge in [0.1, 0.15) is 5.75 Å². The van der Waals surface area contributed by atoms with E-state index in [4.69, 9.17) is 39.5 Å². The number of anilines is 2. The molecule has 0 radical (unpaired) electrons. The number of thiazole rings is 1. The third-order valence-electron chi connectivity index (χ3n) is 9.68. The molecule has 240 valence electrons. The molecule has 7 atom stereocenters. The van der Waals surface area contributed by atoms with Gasteiger partial charge in [0.05, 0.1) is 32.6 Å². The number of aromatic amines is 1. The standard InChI is InChI=1S/C33H23BrCl3N3O5S2/c34-13-1-8-22(45-12-23(41)38-15-4-7-20(36)21(37)10-15)17(9-13)24-25-18-11-19(28(25)46-30-29(24)47-33(44)39-30)27-26(18)31(42)40(32(27)43)16-5-2-14(35)3-6-16/h1-10,18-19,24-28H,11-12H2,(H,38,41)(H,39,44)/t18-,19-,24-,25?,26?,27?,28?/m1/s1. The average Bonchev–Trinajstić information content (AvgIpc) is 3.78. The Kier molecular flexibility index (Phi) is 8.01. The Labute approximate surface area is 300 Å². The molecular weight excluding hydrogens is 769 g/mol. The fourth-order valence-electron chi connectivity index (χ4n) is 8.02. The maximum atomic E-state index is 14.0. The third-order valence-corrected chi connectivity index (χ3v) is 13.8. The van der Waals surface area contributed by atoms with Crippen LogP contribution in [0.2, 0.25) is 15.1 Å². The zero-order valence-corrected chi connectivity index (χ0v) is 29.5. The Morgan fingerprint density at radius 1 is 0.957 bits per heavy atom. The van der Waals surface area contributed by atoms with Crippen molar-refractivity contribution < 1.29 is 19.1 Å². The zero-order valence-electron chi connectivity index (χ0n) is 24.0. The highest BCUT2D eigenvalue weighted by Gasteiger charge is 2.69. The lowest BCUT2D eigenvalue weighted by atomic mass is 9.68. The van der Waals surface area contributed by atoms with Gasteiger partial charge in [0.15, 0.2) is 6.61 Å². The Bertz CT molecular complexity index is 2040. The van der Waals surface area contributed by atoms with E-state index in [0.717, 1.165) is 37.7 Å². The normalized spacial score (nSPS) is 27.1. The van der Waals surface area contributed by atoms with Crippen LogP contribution in [0.15, 0.2) is 75.0 Å². The van der Waals surface area contributed by atoms with E-state index in [0.29, 0.717) is 32.2 Å². The van der Waals surface area contributed by atoms with Crippen molar-refractivity contribution in [3.63, 3.8) is 0 Å². The molecule has 3 fully saturated rings. The maximum absolute atomic E-state index is 14.0. The van der Waals surface area contributed by atoms with E-state index in [1.54, 1.807) is 60.3 Å². The molecule has 4 aromatic rings. The van der Waals surface area contributed by atoms with Crippen LogP contribution in [0.1, 0.15) is 22.8 Å². The summed E-state index contributed by atoms with van der Waals surface area (Å²) in [6.45, 7) is -0.277. The van der Waals surface area contributed by atoms with Gasteiger partial charge >= 0.3 is 4.87 Å². The average molecular weight is 792 g/mol. The first-order valence-corrected chi connectivity index (χ1v) is 18.4. The van der Waals surface area contributed by atoms with Crippen molar-refractivity contribution in [3.05, 3.63) is 100 Å². The van der Waals surface area contributed by atoms with Crippen molar-refractivity contribution in [2.75, 3.05) is 16.8 Å². The fraction of sp³-hybridized carbons (Fsp3) is 0.273. The summed E-state index contributed by atoms with van der Waals surface area (Å²) in [6.07, 6.45) is 0.746. The van der Waals surface area contributed by atoms with Crippen LogP contribution in [0.3, 0.4) is 0 Å². The van der Waals surface area contributed by atoms with Crippen molar-refractivity contribution in [2.45, 2.75) is 22.6 Å². The number of fused-ring (bicyclic) bond motifs is 9. The highest BCUT2D eigenvalue weighted by atomic mass is 79.9. The number of imide groups is 1. The molecule has 2 saturated carbocycles. The van der Waals surface area contributed by atoms with Gasteiger partial charge < -0.3 is 15.0 Å². The predicted octanol–water partition coefficient (Wildman–Crippen LogP) is 7.85. The van der Waals surface area contributed by atoms with Gasteiger partial charge in [-0.1, -0.05) is 62.1 Å². The molecule has 1 saturated heterocycles. The second-order valence-corrected chi connectivity index (χ2v) is 16.5. The van der Waals surface area contributed by atoms with Gasteiger partial charge in [-0.3, -0.25) is 24.1 Å². The van der Waals surface area contributed by atoms with E-state index < -0.39 is 11.8 Å². The quantitative estimate of drug-likeness (QED) is 0.193. The van der Waals surface area contributed by atoms with Crippen molar-refractivity contribution in [1.29, 1.82) is 0 Å². The van der Waals surface area contributed by atoms with Crippen LogP contribution in [0.25, 0.3) is 0 Å². The molecule has 3 amide bonds. The van der Waals surface area contributed by atoms with Crippen LogP contribution in [0, 0.1) is 29.6 Å². The highest BCUT2D eigenvalue weighted by molar-refractivity contribution is 9.10. The predicted molar refractivity (Wildman–Crippen MR) is 187 cm³/mol. The minimum Gasteiger partial charge on any atom is -0.483 e. The number of benzene rings is 3. The van der Waals surface area contributed by atoms with Gasteiger partial charge in [-0.2, -0.15) is 0 Å². The van der Waals surface area contributed by atoms with Crippen LogP contribution in [0.5, 0.6) is 5.75 Å². The topological polar surface area (TPSA) is 109 Å². The number of amides is 3. The first-order valence-electron chi connectivity index (χ1n) is 14.8. The number of halogens is 4. The zero-order chi connectivity index (χ0) is 32.7. The van der Waals surface area contributed by atoms with Crippen LogP contribution in [-0.2, 0) is 14.4 Å². The van der Waals surface area contributed by atoms with Crippen LogP contribution < -0.4 is 19.8 Å². The first kappa shape index (κ1) is 31.5. The number of aromatic nitrogens is 1. The summed E-state index contributed by atoms with van der Waals surface area (Å²) in [5.74, 6) is -1.60. The first-order chi connectivity index (χ1) is 22.6. The number of nitrogens with one attached hydrogen (secondary N) is 2. The number of hydrogen-bond donors (Lipinski definition) is 2. The van der Waals surface area contributed by atoms with Crippen LogP contribution in [0.4, 0.5) is 11.4 Å². The van der Waals surface area contributed by atoms with Crippen molar-refractivity contribution in [2.24, 2.45) is 29.6 Å². The summed E-state index contributed by atoms with van der Waals surface area (Å²) in [5.41, 5.74) is 1.82. The molecule has 14 heteroatoms. The number of carbonyl (C=O) groups excluding carboxylic acids is 3. The largest absolute Gasteiger partial charge is 0.483 e. The molecule has 0 spiro atoms. The van der Waals surface area contributed by atoms with Crippen molar-refractivity contribution in [3.8, 4) is 5.75 Å². The summed E-state index contributed by atoms with van der Waals surface area (Å²) in [7, 11) is 0. The molecule has 8 nitrogen and oxygen atoms in total. The van der Waals surface area contributed by atoms with E-state index in [2.05, 4.69) is 26.2 Å². The molecule has 2 N–H and O–H groups in total.